The third kappa shape index (κ3) is 5.67. The fourth-order valence-corrected chi connectivity index (χ4v) is 5.29. The number of ether oxygens (including phenoxy) is 1. The largest absolute Gasteiger partial charge is 0.383 e. The molecule has 2 N–H and O–H groups in total. The first-order valence-electron chi connectivity index (χ1n) is 9.48. The number of aromatic nitrogens is 1. The van der Waals surface area contributed by atoms with Crippen LogP contribution in [0.3, 0.4) is 0 Å². The number of carbonyl (C=O) groups is 1. The van der Waals surface area contributed by atoms with Gasteiger partial charge >= 0.3 is 6.03 Å². The maximum Gasteiger partial charge on any atom is 0.327 e. The van der Waals surface area contributed by atoms with Gasteiger partial charge in [-0.15, -0.1) is 0 Å². The summed E-state index contributed by atoms with van der Waals surface area (Å²) in [6, 6.07) is 17.0. The van der Waals surface area contributed by atoms with Crippen molar-refractivity contribution in [3.63, 3.8) is 0 Å². The first-order chi connectivity index (χ1) is 14.8. The van der Waals surface area contributed by atoms with E-state index in [9.17, 15) is 13.2 Å². The average molecular weight is 461 g/mol. The van der Waals surface area contributed by atoms with Crippen LogP contribution in [0.5, 0.6) is 0 Å². The number of urea groups is 1. The van der Waals surface area contributed by atoms with Gasteiger partial charge in [0.25, 0.3) is 10.0 Å². The van der Waals surface area contributed by atoms with E-state index in [4.69, 9.17) is 4.74 Å². The van der Waals surface area contributed by atoms with Crippen LogP contribution in [-0.4, -0.2) is 46.7 Å². The van der Waals surface area contributed by atoms with Crippen molar-refractivity contribution >= 4 is 38.2 Å². The monoisotopic (exact) mass is 460 g/mol. The van der Waals surface area contributed by atoms with Crippen LogP contribution in [0, 0.1) is 6.92 Å². The summed E-state index contributed by atoms with van der Waals surface area (Å²) in [5.41, 5.74) is 3.08. The molecule has 2 aromatic carbocycles. The number of amides is 2. The number of nitrogens with zero attached hydrogens (tertiary/aromatic N) is 2. The lowest BCUT2D eigenvalue weighted by Gasteiger charge is -2.15. The van der Waals surface area contributed by atoms with Gasteiger partial charge < -0.3 is 10.1 Å². The van der Waals surface area contributed by atoms with E-state index < -0.39 is 16.1 Å². The van der Waals surface area contributed by atoms with Crippen molar-refractivity contribution in [3.8, 4) is 11.1 Å². The Morgan fingerprint density at radius 3 is 2.39 bits per heavy atom. The number of hydrogen-bond donors (Lipinski definition) is 2. The fraction of sp³-hybridized carbons (Fsp3) is 0.238. The Kier molecular flexibility index (Phi) is 7.39. The lowest BCUT2D eigenvalue weighted by Crippen LogP contribution is -2.31. The van der Waals surface area contributed by atoms with Gasteiger partial charge in [0.2, 0.25) is 0 Å². The summed E-state index contributed by atoms with van der Waals surface area (Å²) in [4.78, 5) is 18.2. The molecule has 2 amide bonds. The van der Waals surface area contributed by atoms with Crippen LogP contribution < -0.4 is 14.9 Å². The number of hydrogen-bond acceptors (Lipinski definition) is 6. The molecular formula is C21H24N4O4S2. The van der Waals surface area contributed by atoms with Crippen molar-refractivity contribution in [1.29, 1.82) is 0 Å². The molecule has 0 saturated heterocycles. The highest BCUT2D eigenvalue weighted by molar-refractivity contribution is 7.91. The average Bonchev–Trinajstić information content (AvgIpc) is 3.17. The topological polar surface area (TPSA) is 101 Å². The second kappa shape index (κ2) is 10.0. The SMILES string of the molecule is COCCNS(=O)(=O)c1sc(N(C)C(=O)Nc2ccc(-c3ccccc3)cc2)nc1C. The lowest BCUT2D eigenvalue weighted by molar-refractivity contribution is 0.204. The predicted octanol–water partition coefficient (Wildman–Crippen LogP) is 3.71. The Balaban J connectivity index is 1.69. The summed E-state index contributed by atoms with van der Waals surface area (Å²) in [5, 5.41) is 3.08. The summed E-state index contributed by atoms with van der Waals surface area (Å²) in [6.45, 7) is 2.01. The smallest absolute Gasteiger partial charge is 0.327 e. The van der Waals surface area contributed by atoms with E-state index in [0.29, 0.717) is 11.4 Å². The zero-order valence-electron chi connectivity index (χ0n) is 17.5. The molecule has 0 aliphatic carbocycles. The fourth-order valence-electron chi connectivity index (χ4n) is 2.78. The highest BCUT2D eigenvalue weighted by atomic mass is 32.2. The van der Waals surface area contributed by atoms with Crippen molar-refractivity contribution in [2.75, 3.05) is 37.5 Å². The van der Waals surface area contributed by atoms with Gasteiger partial charge in [-0.25, -0.2) is 22.9 Å². The van der Waals surface area contributed by atoms with Gasteiger partial charge in [-0.1, -0.05) is 53.8 Å². The second-order valence-electron chi connectivity index (χ2n) is 6.69. The molecule has 0 fully saturated rings. The normalized spacial score (nSPS) is 11.3. The van der Waals surface area contributed by atoms with Gasteiger partial charge in [-0.3, -0.25) is 4.90 Å². The summed E-state index contributed by atoms with van der Waals surface area (Å²) >= 11 is 0.934. The molecule has 0 aliphatic rings. The zero-order chi connectivity index (χ0) is 22.4. The number of thiazole rings is 1. The van der Waals surface area contributed by atoms with E-state index in [1.165, 1.54) is 12.0 Å². The Hall–Kier alpha value is -2.79. The Morgan fingerprint density at radius 2 is 1.74 bits per heavy atom. The Morgan fingerprint density at radius 1 is 1.10 bits per heavy atom. The van der Waals surface area contributed by atoms with Gasteiger partial charge in [0, 0.05) is 26.4 Å². The van der Waals surface area contributed by atoms with Gasteiger partial charge in [-0.2, -0.15) is 0 Å². The maximum atomic E-state index is 12.6. The molecule has 1 heterocycles. The zero-order valence-corrected chi connectivity index (χ0v) is 19.1. The molecule has 0 radical (unpaired) electrons. The van der Waals surface area contributed by atoms with E-state index in [1.54, 1.807) is 14.0 Å². The minimum absolute atomic E-state index is 0.0745. The minimum Gasteiger partial charge on any atom is -0.383 e. The summed E-state index contributed by atoms with van der Waals surface area (Å²) in [6.07, 6.45) is 0. The molecule has 0 atom stereocenters. The van der Waals surface area contributed by atoms with E-state index in [1.807, 2.05) is 54.6 Å². The first kappa shape index (κ1) is 22.9. The lowest BCUT2D eigenvalue weighted by atomic mass is 10.1. The van der Waals surface area contributed by atoms with Crippen LogP contribution in [0.25, 0.3) is 11.1 Å². The molecule has 0 aliphatic heterocycles. The molecule has 3 aromatic rings. The number of methoxy groups -OCH3 is 1. The van der Waals surface area contributed by atoms with Crippen LogP contribution >= 0.6 is 11.3 Å². The molecule has 3 rings (SSSR count). The molecule has 0 saturated carbocycles. The van der Waals surface area contributed by atoms with Crippen LogP contribution in [0.1, 0.15) is 5.69 Å². The minimum atomic E-state index is -3.72. The van der Waals surface area contributed by atoms with Crippen LogP contribution in [0.15, 0.2) is 58.8 Å². The molecule has 8 nitrogen and oxygen atoms in total. The quantitative estimate of drug-likeness (QED) is 0.499. The summed E-state index contributed by atoms with van der Waals surface area (Å²) in [7, 11) is -0.688. The molecule has 164 valence electrons. The highest BCUT2D eigenvalue weighted by Gasteiger charge is 2.24. The third-order valence-corrected chi connectivity index (χ3v) is 7.72. The van der Waals surface area contributed by atoms with Crippen molar-refractivity contribution in [1.82, 2.24) is 9.71 Å². The van der Waals surface area contributed by atoms with E-state index in [2.05, 4.69) is 15.0 Å². The van der Waals surface area contributed by atoms with Crippen LogP contribution in [0.2, 0.25) is 0 Å². The number of anilines is 2. The number of benzene rings is 2. The molecule has 0 spiro atoms. The predicted molar refractivity (Wildman–Crippen MR) is 123 cm³/mol. The van der Waals surface area contributed by atoms with Crippen LogP contribution in [-0.2, 0) is 14.8 Å². The third-order valence-electron chi connectivity index (χ3n) is 4.42. The number of aryl methyl sites for hydroxylation is 1. The van der Waals surface area contributed by atoms with E-state index in [0.717, 1.165) is 22.5 Å². The van der Waals surface area contributed by atoms with Crippen molar-refractivity contribution in [3.05, 3.63) is 60.3 Å². The molecule has 31 heavy (non-hydrogen) atoms. The summed E-state index contributed by atoms with van der Waals surface area (Å²) < 4.78 is 32.3. The van der Waals surface area contributed by atoms with Gasteiger partial charge in [0.1, 0.15) is 0 Å². The maximum absolute atomic E-state index is 12.6. The van der Waals surface area contributed by atoms with Crippen molar-refractivity contribution in [2.24, 2.45) is 0 Å². The van der Waals surface area contributed by atoms with Gasteiger partial charge in [0.05, 0.1) is 12.3 Å². The standard InChI is InChI=1S/C21H24N4O4S2/c1-15-19(31(27,28)22-13-14-29-3)30-21(23-15)25(2)20(26)24-18-11-9-17(10-12-18)16-7-5-4-6-8-16/h4-12,22H,13-14H2,1-3H3,(H,24,26). The van der Waals surface area contributed by atoms with E-state index in [-0.39, 0.29) is 22.5 Å². The van der Waals surface area contributed by atoms with Crippen LogP contribution in [0.4, 0.5) is 15.6 Å². The Bertz CT molecular complexity index is 1130. The van der Waals surface area contributed by atoms with Crippen molar-refractivity contribution < 1.29 is 17.9 Å². The first-order valence-corrected chi connectivity index (χ1v) is 11.8. The molecule has 10 heteroatoms. The number of rotatable bonds is 8. The highest BCUT2D eigenvalue weighted by Crippen LogP contribution is 2.29. The molecular weight excluding hydrogens is 436 g/mol. The number of sulfonamides is 1. The Labute approximate surface area is 185 Å². The van der Waals surface area contributed by atoms with E-state index >= 15 is 0 Å². The van der Waals surface area contributed by atoms with Crippen molar-refractivity contribution in [2.45, 2.75) is 11.1 Å². The number of carbonyl (C=O) groups excluding carboxylic acids is 1. The van der Waals surface area contributed by atoms with Gasteiger partial charge in [0.15, 0.2) is 9.34 Å². The molecule has 0 bridgehead atoms. The number of nitrogens with one attached hydrogen (secondary N) is 2. The molecule has 1 aromatic heterocycles. The second-order valence-corrected chi connectivity index (χ2v) is 9.63. The van der Waals surface area contributed by atoms with Gasteiger partial charge in [-0.05, 0) is 30.2 Å². The molecule has 0 unspecified atom stereocenters. The summed E-state index contributed by atoms with van der Waals surface area (Å²) in [5.74, 6) is 0.